The van der Waals surface area contributed by atoms with Gasteiger partial charge in [-0.2, -0.15) is 0 Å². The normalized spacial score (nSPS) is 10.2. The maximum atomic E-state index is 5.86. The third-order valence-electron chi connectivity index (χ3n) is 2.57. The van der Waals surface area contributed by atoms with Crippen molar-refractivity contribution in [2.24, 2.45) is 0 Å². The van der Waals surface area contributed by atoms with Gasteiger partial charge in [0.25, 0.3) is 0 Å². The maximum absolute atomic E-state index is 5.86. The summed E-state index contributed by atoms with van der Waals surface area (Å²) in [4.78, 5) is 0. The van der Waals surface area contributed by atoms with Crippen molar-refractivity contribution in [3.8, 4) is 11.5 Å². The molecule has 0 aliphatic carbocycles. The molecular formula is C15H16ClNO2. The van der Waals surface area contributed by atoms with E-state index < -0.39 is 0 Å². The maximum Gasteiger partial charge on any atom is 0.142 e. The monoisotopic (exact) mass is 277 g/mol. The summed E-state index contributed by atoms with van der Waals surface area (Å²) in [6, 6.07) is 13.0. The number of ether oxygens (including phenoxy) is 2. The average Bonchev–Trinajstić information content (AvgIpc) is 2.39. The highest BCUT2D eigenvalue weighted by atomic mass is 35.5. The largest absolute Gasteiger partial charge is 0.490 e. The quantitative estimate of drug-likeness (QED) is 0.670. The van der Waals surface area contributed by atoms with Gasteiger partial charge >= 0.3 is 0 Å². The first kappa shape index (κ1) is 13.6. The van der Waals surface area contributed by atoms with Gasteiger partial charge in [0, 0.05) is 5.02 Å². The van der Waals surface area contributed by atoms with Crippen molar-refractivity contribution in [2.45, 2.75) is 6.92 Å². The van der Waals surface area contributed by atoms with Crippen molar-refractivity contribution in [3.63, 3.8) is 0 Å². The highest BCUT2D eigenvalue weighted by molar-refractivity contribution is 6.30. The molecule has 19 heavy (non-hydrogen) atoms. The van der Waals surface area contributed by atoms with Crippen LogP contribution in [0.3, 0.4) is 0 Å². The molecule has 0 bridgehead atoms. The van der Waals surface area contributed by atoms with Gasteiger partial charge in [0.15, 0.2) is 0 Å². The third-order valence-corrected chi connectivity index (χ3v) is 2.81. The average molecular weight is 278 g/mol. The summed E-state index contributed by atoms with van der Waals surface area (Å²) in [5.74, 6) is 1.42. The zero-order chi connectivity index (χ0) is 13.7. The number of rotatable bonds is 5. The summed E-state index contributed by atoms with van der Waals surface area (Å²) < 4.78 is 11.1. The number of nitrogens with two attached hydrogens (primary N) is 1. The molecule has 0 saturated heterocycles. The highest BCUT2D eigenvalue weighted by Crippen LogP contribution is 2.22. The number of benzene rings is 2. The number of anilines is 1. The zero-order valence-electron chi connectivity index (χ0n) is 10.7. The minimum absolute atomic E-state index is 0.431. The standard InChI is InChI=1S/C15H16ClNO2/c1-11-5-6-14(17)15(9-11)19-8-7-18-13-4-2-3-12(16)10-13/h2-6,9-10H,7-8,17H2,1H3. The van der Waals surface area contributed by atoms with Gasteiger partial charge in [-0.15, -0.1) is 0 Å². The second-order valence-electron chi connectivity index (χ2n) is 4.20. The van der Waals surface area contributed by atoms with E-state index in [1.165, 1.54) is 0 Å². The number of nitrogen functional groups attached to an aromatic ring is 1. The van der Waals surface area contributed by atoms with Crippen LogP contribution in [0.15, 0.2) is 42.5 Å². The summed E-state index contributed by atoms with van der Waals surface area (Å²) in [5.41, 5.74) is 7.56. The second-order valence-corrected chi connectivity index (χ2v) is 4.63. The van der Waals surface area contributed by atoms with E-state index in [0.29, 0.717) is 29.7 Å². The van der Waals surface area contributed by atoms with Gasteiger partial charge in [-0.05, 0) is 42.8 Å². The third kappa shape index (κ3) is 4.07. The minimum atomic E-state index is 0.431. The van der Waals surface area contributed by atoms with Gasteiger partial charge in [0.2, 0.25) is 0 Å². The van der Waals surface area contributed by atoms with E-state index in [2.05, 4.69) is 0 Å². The molecule has 0 spiro atoms. The predicted molar refractivity (Wildman–Crippen MR) is 78.0 cm³/mol. The van der Waals surface area contributed by atoms with Crippen LogP contribution in [0, 0.1) is 6.92 Å². The summed E-state index contributed by atoms with van der Waals surface area (Å²) >= 11 is 5.86. The van der Waals surface area contributed by atoms with Crippen molar-refractivity contribution < 1.29 is 9.47 Å². The molecular weight excluding hydrogens is 262 g/mol. The molecule has 3 nitrogen and oxygen atoms in total. The Kier molecular flexibility index (Phi) is 4.53. The number of halogens is 1. The van der Waals surface area contributed by atoms with Gasteiger partial charge in [-0.1, -0.05) is 23.7 Å². The van der Waals surface area contributed by atoms with Crippen LogP contribution in [0.2, 0.25) is 5.02 Å². The highest BCUT2D eigenvalue weighted by Gasteiger charge is 2.01. The van der Waals surface area contributed by atoms with E-state index in [1.54, 1.807) is 12.1 Å². The summed E-state index contributed by atoms with van der Waals surface area (Å²) in [5, 5.41) is 0.654. The van der Waals surface area contributed by atoms with Crippen LogP contribution >= 0.6 is 11.6 Å². The fourth-order valence-electron chi connectivity index (χ4n) is 1.63. The molecule has 2 rings (SSSR count). The molecule has 4 heteroatoms. The van der Waals surface area contributed by atoms with Crippen LogP contribution in [-0.4, -0.2) is 13.2 Å². The molecule has 0 aliphatic heterocycles. The Bertz CT molecular complexity index is 558. The Labute approximate surface area is 117 Å². The Morgan fingerprint density at radius 2 is 1.84 bits per heavy atom. The topological polar surface area (TPSA) is 44.5 Å². The number of hydrogen-bond acceptors (Lipinski definition) is 3. The Morgan fingerprint density at radius 3 is 2.63 bits per heavy atom. The molecule has 0 unspecified atom stereocenters. The van der Waals surface area contributed by atoms with Crippen LogP contribution in [0.5, 0.6) is 11.5 Å². The lowest BCUT2D eigenvalue weighted by atomic mass is 10.2. The zero-order valence-corrected chi connectivity index (χ0v) is 11.5. The van der Waals surface area contributed by atoms with E-state index in [-0.39, 0.29) is 0 Å². The molecule has 100 valence electrons. The number of hydrogen-bond donors (Lipinski definition) is 1. The summed E-state index contributed by atoms with van der Waals surface area (Å²) in [6.45, 7) is 2.86. The smallest absolute Gasteiger partial charge is 0.142 e. The van der Waals surface area contributed by atoms with Crippen molar-refractivity contribution in [3.05, 3.63) is 53.1 Å². The molecule has 0 heterocycles. The molecule has 0 saturated carbocycles. The van der Waals surface area contributed by atoms with Crippen LogP contribution in [-0.2, 0) is 0 Å². The van der Waals surface area contributed by atoms with Gasteiger partial charge in [-0.3, -0.25) is 0 Å². The van der Waals surface area contributed by atoms with Crippen LogP contribution in [0.4, 0.5) is 5.69 Å². The van der Waals surface area contributed by atoms with E-state index in [1.807, 2.05) is 37.3 Å². The molecule has 0 amide bonds. The molecule has 2 N–H and O–H groups in total. The van der Waals surface area contributed by atoms with Crippen molar-refractivity contribution >= 4 is 17.3 Å². The summed E-state index contributed by atoms with van der Waals surface area (Å²) in [7, 11) is 0. The van der Waals surface area contributed by atoms with E-state index >= 15 is 0 Å². The van der Waals surface area contributed by atoms with Gasteiger partial charge < -0.3 is 15.2 Å². The Hall–Kier alpha value is -1.87. The minimum Gasteiger partial charge on any atom is -0.490 e. The first-order chi connectivity index (χ1) is 9.15. The van der Waals surface area contributed by atoms with Crippen molar-refractivity contribution in [1.82, 2.24) is 0 Å². The van der Waals surface area contributed by atoms with Crippen LogP contribution in [0.1, 0.15) is 5.56 Å². The van der Waals surface area contributed by atoms with Gasteiger partial charge in [0.05, 0.1) is 5.69 Å². The molecule has 2 aromatic carbocycles. The molecule has 0 aliphatic rings. The lowest BCUT2D eigenvalue weighted by Crippen LogP contribution is -2.10. The fraction of sp³-hybridized carbons (Fsp3) is 0.200. The van der Waals surface area contributed by atoms with Crippen molar-refractivity contribution in [1.29, 1.82) is 0 Å². The van der Waals surface area contributed by atoms with Gasteiger partial charge in [0.1, 0.15) is 24.7 Å². The predicted octanol–water partition coefficient (Wildman–Crippen LogP) is 3.69. The first-order valence-corrected chi connectivity index (χ1v) is 6.40. The van der Waals surface area contributed by atoms with E-state index in [0.717, 1.165) is 11.3 Å². The molecule has 0 fully saturated rings. The fourth-order valence-corrected chi connectivity index (χ4v) is 1.81. The van der Waals surface area contributed by atoms with E-state index in [4.69, 9.17) is 26.8 Å². The molecule has 0 radical (unpaired) electrons. The lowest BCUT2D eigenvalue weighted by molar-refractivity contribution is 0.218. The van der Waals surface area contributed by atoms with Crippen molar-refractivity contribution in [2.75, 3.05) is 18.9 Å². The first-order valence-electron chi connectivity index (χ1n) is 6.02. The van der Waals surface area contributed by atoms with Crippen LogP contribution in [0.25, 0.3) is 0 Å². The number of aryl methyl sites for hydroxylation is 1. The molecule has 0 atom stereocenters. The van der Waals surface area contributed by atoms with Gasteiger partial charge in [-0.25, -0.2) is 0 Å². The van der Waals surface area contributed by atoms with E-state index in [9.17, 15) is 0 Å². The SMILES string of the molecule is Cc1ccc(N)c(OCCOc2cccc(Cl)c2)c1. The Balaban J connectivity index is 1.82. The lowest BCUT2D eigenvalue weighted by Gasteiger charge is -2.10. The molecule has 2 aromatic rings. The molecule has 0 aromatic heterocycles. The van der Waals surface area contributed by atoms with Crippen LogP contribution < -0.4 is 15.2 Å². The second kappa shape index (κ2) is 6.34. The summed E-state index contributed by atoms with van der Waals surface area (Å²) in [6.07, 6.45) is 0. The Morgan fingerprint density at radius 1 is 1.05 bits per heavy atom.